The number of nitrogens with zero attached hydrogens (tertiary/aromatic N) is 4. The molecule has 4 heterocycles. The van der Waals surface area contributed by atoms with Gasteiger partial charge in [-0.15, -0.1) is 0 Å². The Hall–Kier alpha value is -10.2. The Balaban J connectivity index is 0.853. The second-order valence-corrected chi connectivity index (χ2v) is 23.4. The van der Waals surface area contributed by atoms with Gasteiger partial charge in [0.15, 0.2) is 0 Å². The van der Waals surface area contributed by atoms with Crippen LogP contribution in [0.2, 0.25) is 0 Å². The van der Waals surface area contributed by atoms with E-state index in [0.29, 0.717) is 6.67 Å². The molecule has 0 fully saturated rings. The van der Waals surface area contributed by atoms with Crippen molar-refractivity contribution < 1.29 is 4.74 Å². The molecule has 1 spiro atoms. The van der Waals surface area contributed by atoms with Gasteiger partial charge in [0.1, 0.15) is 24.0 Å². The minimum atomic E-state index is -0.420. The van der Waals surface area contributed by atoms with Crippen molar-refractivity contribution >= 4 is 76.5 Å². The van der Waals surface area contributed by atoms with E-state index in [4.69, 9.17) is 9.72 Å². The van der Waals surface area contributed by atoms with E-state index in [1.54, 1.807) is 0 Å². The minimum absolute atomic E-state index is 0.0293. The lowest BCUT2D eigenvalue weighted by Gasteiger charge is -2.30. The van der Waals surface area contributed by atoms with E-state index >= 15 is 0 Å². The second kappa shape index (κ2) is 17.4. The van der Waals surface area contributed by atoms with E-state index < -0.39 is 5.41 Å². The highest BCUT2D eigenvalue weighted by Gasteiger charge is 2.51. The first-order valence-corrected chi connectivity index (χ1v) is 28.5. The average Bonchev–Trinajstić information content (AvgIpc) is 1.83. The number of fused-ring (bicyclic) bond motifs is 20. The lowest BCUT2D eigenvalue weighted by molar-refractivity contribution is 0.483. The van der Waals surface area contributed by atoms with Crippen LogP contribution in [-0.2, 0) is 17.5 Å². The van der Waals surface area contributed by atoms with Gasteiger partial charge in [-0.05, 0) is 137 Å². The van der Waals surface area contributed by atoms with Crippen molar-refractivity contribution in [2.24, 2.45) is 0 Å². The molecule has 2 aliphatic carbocycles. The Labute approximate surface area is 475 Å². The molecule has 14 aromatic rings. The summed E-state index contributed by atoms with van der Waals surface area (Å²) in [6.45, 7) is 7.32. The van der Waals surface area contributed by atoms with Gasteiger partial charge in [-0.3, -0.25) is 4.57 Å². The molecule has 3 aromatic heterocycles. The maximum Gasteiger partial charge on any atom is 0.137 e. The molecule has 3 aliphatic rings. The maximum atomic E-state index is 6.97. The topological polar surface area (TPSA) is 35.2 Å². The summed E-state index contributed by atoms with van der Waals surface area (Å²) in [7, 11) is 0. The fourth-order valence-electron chi connectivity index (χ4n) is 14.5. The average molecular weight is 1050 g/mol. The van der Waals surface area contributed by atoms with Gasteiger partial charge in [-0.1, -0.05) is 209 Å². The van der Waals surface area contributed by atoms with E-state index in [-0.39, 0.29) is 5.41 Å². The molecule has 0 atom stereocenters. The van der Waals surface area contributed by atoms with Gasteiger partial charge in [0.2, 0.25) is 0 Å². The van der Waals surface area contributed by atoms with Gasteiger partial charge in [-0.2, -0.15) is 0 Å². The van der Waals surface area contributed by atoms with Gasteiger partial charge in [0.05, 0.1) is 33.2 Å². The molecule has 0 N–H and O–H groups in total. The molecule has 0 radical (unpaired) electrons. The standard InChI is InChI=1S/C77H54N4O/c1-76(2,3)49-41-42-78-73(44-49)81-70-35-15-11-28-61(70)62-39-38-52(46-72(62)81)82-51-20-16-19-50(45-51)79-47-80-74-53(29-17-30-63(74)56-23-6-4-21-54(56)55-22-5-7-24-57(55)64-31-18-36-71(79)75(64)80)48-37-40-69-65(43-48)60-27-10-14-34-68(60)77(69)66-32-12-8-25-58(66)59-26-9-13-33-67(59)77/h4-46H,47H2,1-3H3. The van der Waals surface area contributed by atoms with Crippen LogP contribution in [-0.4, -0.2) is 14.1 Å². The van der Waals surface area contributed by atoms with Crippen LogP contribution in [0.3, 0.4) is 0 Å². The lowest BCUT2D eigenvalue weighted by Crippen LogP contribution is -2.25. The summed E-state index contributed by atoms with van der Waals surface area (Å²) in [6, 6.07) is 94.3. The highest BCUT2D eigenvalue weighted by atomic mass is 16.5. The number of hydrogen-bond donors (Lipinski definition) is 0. The monoisotopic (exact) mass is 1050 g/mol. The van der Waals surface area contributed by atoms with Gasteiger partial charge >= 0.3 is 0 Å². The fourth-order valence-corrected chi connectivity index (χ4v) is 14.5. The van der Waals surface area contributed by atoms with Crippen molar-refractivity contribution in [3.63, 3.8) is 0 Å². The first kappa shape index (κ1) is 46.7. The molecule has 1 aliphatic heterocycles. The molecule has 5 nitrogen and oxygen atoms in total. The molecule has 388 valence electrons. The minimum Gasteiger partial charge on any atom is -0.457 e. The summed E-state index contributed by atoms with van der Waals surface area (Å²) in [5.41, 5.74) is 20.4. The SMILES string of the molecule is CC(C)(C)c1ccnc(-n2c3ccccc3c3ccc(Oc4cccc(N5Cn6c7c(-c8ccc9c(c8)-c8ccccc8C98c9ccccc9-c9ccccc98)cccc7c7ccccc7c7ccccc7c7cccc5c76)c4)cc32)c1. The number of aromatic nitrogens is 3. The Morgan fingerprint density at radius 3 is 1.63 bits per heavy atom. The molecule has 5 heteroatoms. The first-order chi connectivity index (χ1) is 40.3. The molecule has 17 rings (SSSR count). The maximum absolute atomic E-state index is 6.97. The lowest BCUT2D eigenvalue weighted by atomic mass is 9.70. The summed E-state index contributed by atoms with van der Waals surface area (Å²) in [5.74, 6) is 2.40. The zero-order valence-electron chi connectivity index (χ0n) is 45.7. The molecule has 0 saturated carbocycles. The number of hydrogen-bond acceptors (Lipinski definition) is 3. The smallest absolute Gasteiger partial charge is 0.137 e. The van der Waals surface area contributed by atoms with Gasteiger partial charge < -0.3 is 14.2 Å². The van der Waals surface area contributed by atoms with Crippen LogP contribution < -0.4 is 9.64 Å². The van der Waals surface area contributed by atoms with Gasteiger partial charge in [0, 0.05) is 51.1 Å². The van der Waals surface area contributed by atoms with E-state index in [9.17, 15) is 0 Å². The normalized spacial score (nSPS) is 13.6. The number of benzene rings is 11. The van der Waals surface area contributed by atoms with E-state index in [1.165, 1.54) is 110 Å². The van der Waals surface area contributed by atoms with Crippen molar-refractivity contribution in [1.29, 1.82) is 0 Å². The molecule has 0 saturated heterocycles. The first-order valence-electron chi connectivity index (χ1n) is 28.5. The van der Waals surface area contributed by atoms with Crippen LogP contribution in [0.5, 0.6) is 11.5 Å². The number of anilines is 2. The Bertz CT molecular complexity index is 5080. The van der Waals surface area contributed by atoms with Crippen LogP contribution in [0.1, 0.15) is 48.6 Å². The third-order valence-electron chi connectivity index (χ3n) is 18.0. The summed E-state index contributed by atoms with van der Waals surface area (Å²) < 4.78 is 11.8. The fraction of sp³-hybridized carbons (Fsp3) is 0.0779. The molecule has 0 bridgehead atoms. The molecule has 0 amide bonds. The Morgan fingerprint density at radius 1 is 0.402 bits per heavy atom. The second-order valence-electron chi connectivity index (χ2n) is 23.4. The van der Waals surface area contributed by atoms with Crippen LogP contribution in [0, 0.1) is 0 Å². The van der Waals surface area contributed by atoms with Crippen LogP contribution in [0.4, 0.5) is 11.4 Å². The summed E-state index contributed by atoms with van der Waals surface area (Å²) >= 11 is 0. The molecule has 0 unspecified atom stereocenters. The van der Waals surface area contributed by atoms with Crippen molar-refractivity contribution in [1.82, 2.24) is 14.1 Å². The quantitative estimate of drug-likeness (QED) is 0.172. The van der Waals surface area contributed by atoms with Gasteiger partial charge in [0.25, 0.3) is 0 Å². The molecule has 11 aromatic carbocycles. The molecular formula is C77H54N4O. The van der Waals surface area contributed by atoms with Crippen molar-refractivity contribution in [3.05, 3.63) is 289 Å². The zero-order valence-corrected chi connectivity index (χ0v) is 45.7. The third-order valence-corrected chi connectivity index (χ3v) is 18.0. The van der Waals surface area contributed by atoms with E-state index in [0.717, 1.165) is 45.1 Å². The van der Waals surface area contributed by atoms with Crippen molar-refractivity contribution in [2.75, 3.05) is 4.90 Å². The van der Waals surface area contributed by atoms with Gasteiger partial charge in [-0.25, -0.2) is 4.98 Å². The molecular weight excluding hydrogens is 997 g/mol. The predicted octanol–water partition coefficient (Wildman–Crippen LogP) is 19.9. The third kappa shape index (κ3) is 6.59. The predicted molar refractivity (Wildman–Crippen MR) is 340 cm³/mol. The number of ether oxygens (including phenoxy) is 1. The Morgan fingerprint density at radius 2 is 0.939 bits per heavy atom. The van der Waals surface area contributed by atoms with Crippen LogP contribution in [0.15, 0.2) is 261 Å². The largest absolute Gasteiger partial charge is 0.457 e. The van der Waals surface area contributed by atoms with Crippen LogP contribution >= 0.6 is 0 Å². The van der Waals surface area contributed by atoms with Crippen LogP contribution in [0.25, 0.3) is 104 Å². The molecule has 82 heavy (non-hydrogen) atoms. The summed E-state index contributed by atoms with van der Waals surface area (Å²) in [4.78, 5) is 7.41. The van der Waals surface area contributed by atoms with Crippen molar-refractivity contribution in [2.45, 2.75) is 38.3 Å². The van der Waals surface area contributed by atoms with E-state index in [2.05, 4.69) is 290 Å². The number of pyridine rings is 1. The highest BCUT2D eigenvalue weighted by molar-refractivity contribution is 6.22. The van der Waals surface area contributed by atoms with Crippen molar-refractivity contribution in [3.8, 4) is 50.7 Å². The summed E-state index contributed by atoms with van der Waals surface area (Å²) in [5, 5.41) is 9.54. The number of para-hydroxylation sites is 3. The van der Waals surface area contributed by atoms with E-state index in [1.807, 2.05) is 6.20 Å². The number of rotatable bonds is 5. The zero-order chi connectivity index (χ0) is 54.4. The highest BCUT2D eigenvalue weighted by Crippen LogP contribution is 2.63. The summed E-state index contributed by atoms with van der Waals surface area (Å²) in [6.07, 6.45) is 1.93. The Kier molecular flexibility index (Phi) is 9.89.